The summed E-state index contributed by atoms with van der Waals surface area (Å²) in [6, 6.07) is 5.81. The van der Waals surface area contributed by atoms with E-state index >= 15 is 0 Å². The Hall–Kier alpha value is -0.390. The quantitative estimate of drug-likeness (QED) is 0.785. The Morgan fingerprint density at radius 2 is 2.10 bits per heavy atom. The van der Waals surface area contributed by atoms with Crippen LogP contribution in [0.1, 0.15) is 32.6 Å². The molecule has 1 aliphatic heterocycles. The fourth-order valence-electron chi connectivity index (χ4n) is 2.83. The van der Waals surface area contributed by atoms with Crippen LogP contribution in [-0.2, 0) is 4.79 Å². The average Bonchev–Trinajstić information content (AvgIpc) is 2.44. The van der Waals surface area contributed by atoms with E-state index in [2.05, 4.69) is 49.4 Å². The summed E-state index contributed by atoms with van der Waals surface area (Å²) in [6.45, 7) is 3.92. The molecule has 1 atom stereocenters. The number of halogens is 2. The lowest BCUT2D eigenvalue weighted by atomic mass is 9.76. The van der Waals surface area contributed by atoms with Gasteiger partial charge in [0.1, 0.15) is 0 Å². The van der Waals surface area contributed by atoms with E-state index in [0.717, 1.165) is 53.4 Å². The van der Waals surface area contributed by atoms with Crippen molar-refractivity contribution in [1.29, 1.82) is 0 Å². The number of amides is 1. The van der Waals surface area contributed by atoms with Gasteiger partial charge in [0.2, 0.25) is 5.91 Å². The van der Waals surface area contributed by atoms with Crippen LogP contribution in [0.4, 0.5) is 5.69 Å². The van der Waals surface area contributed by atoms with Gasteiger partial charge in [-0.05, 0) is 69.8 Å². The van der Waals surface area contributed by atoms with Gasteiger partial charge in [0.15, 0.2) is 0 Å². The van der Waals surface area contributed by atoms with Crippen molar-refractivity contribution in [1.82, 2.24) is 5.32 Å². The molecule has 1 saturated heterocycles. The average molecular weight is 404 g/mol. The van der Waals surface area contributed by atoms with E-state index in [4.69, 9.17) is 0 Å². The van der Waals surface area contributed by atoms with E-state index in [1.807, 2.05) is 18.2 Å². The molecule has 0 radical (unpaired) electrons. The van der Waals surface area contributed by atoms with Gasteiger partial charge in [-0.25, -0.2) is 0 Å². The van der Waals surface area contributed by atoms with Crippen LogP contribution in [-0.4, -0.2) is 19.0 Å². The standard InChI is InChI=1S/C15H20Br2N2O/c1-2-7-15(8-4-9-18-10-15)14(20)19-13-11(16)5-3-6-12(13)17/h3,5-6,18H,2,4,7-10H2,1H3,(H,19,20). The van der Waals surface area contributed by atoms with E-state index in [1.54, 1.807) is 0 Å². The topological polar surface area (TPSA) is 41.1 Å². The van der Waals surface area contributed by atoms with E-state index in [9.17, 15) is 4.79 Å². The molecule has 0 aliphatic carbocycles. The third kappa shape index (κ3) is 3.43. The normalized spacial score (nSPS) is 22.6. The molecule has 1 amide bonds. The second-order valence-electron chi connectivity index (χ2n) is 5.36. The minimum atomic E-state index is -0.276. The van der Waals surface area contributed by atoms with E-state index < -0.39 is 0 Å². The van der Waals surface area contributed by atoms with Crippen LogP contribution in [0.3, 0.4) is 0 Å². The van der Waals surface area contributed by atoms with Crippen molar-refractivity contribution in [3.63, 3.8) is 0 Å². The molecule has 1 fully saturated rings. The summed E-state index contributed by atoms with van der Waals surface area (Å²) in [5.74, 6) is 0.124. The first-order chi connectivity index (χ1) is 9.59. The first-order valence-corrected chi connectivity index (χ1v) is 8.64. The van der Waals surface area contributed by atoms with Crippen LogP contribution in [0.2, 0.25) is 0 Å². The molecule has 1 unspecified atom stereocenters. The zero-order valence-corrected chi connectivity index (χ0v) is 14.8. The highest BCUT2D eigenvalue weighted by Gasteiger charge is 2.38. The first kappa shape index (κ1) is 16.0. The Morgan fingerprint density at radius 1 is 1.40 bits per heavy atom. The van der Waals surface area contributed by atoms with Gasteiger partial charge in [-0.15, -0.1) is 0 Å². The third-order valence-corrected chi connectivity index (χ3v) is 5.21. The monoisotopic (exact) mass is 402 g/mol. The first-order valence-electron chi connectivity index (χ1n) is 7.05. The van der Waals surface area contributed by atoms with Gasteiger partial charge in [0, 0.05) is 15.5 Å². The molecule has 110 valence electrons. The SMILES string of the molecule is CCCC1(C(=O)Nc2c(Br)cccc2Br)CCCNC1. The lowest BCUT2D eigenvalue weighted by molar-refractivity contribution is -0.127. The van der Waals surface area contributed by atoms with Gasteiger partial charge in [-0.3, -0.25) is 4.79 Å². The van der Waals surface area contributed by atoms with E-state index in [-0.39, 0.29) is 11.3 Å². The number of hydrogen-bond acceptors (Lipinski definition) is 2. The molecule has 5 heteroatoms. The Morgan fingerprint density at radius 3 is 2.65 bits per heavy atom. The fourth-order valence-corrected chi connectivity index (χ4v) is 4.03. The highest BCUT2D eigenvalue weighted by molar-refractivity contribution is 9.11. The zero-order chi connectivity index (χ0) is 14.6. The molecular formula is C15H20Br2N2O. The molecule has 3 nitrogen and oxygen atoms in total. The number of nitrogens with one attached hydrogen (secondary N) is 2. The summed E-state index contributed by atoms with van der Waals surface area (Å²) in [4.78, 5) is 12.8. The zero-order valence-electron chi connectivity index (χ0n) is 11.6. The molecule has 0 spiro atoms. The maximum absolute atomic E-state index is 12.8. The largest absolute Gasteiger partial charge is 0.324 e. The van der Waals surface area contributed by atoms with Crippen molar-refractivity contribution in [3.05, 3.63) is 27.1 Å². The van der Waals surface area contributed by atoms with Crippen molar-refractivity contribution >= 4 is 43.5 Å². The van der Waals surface area contributed by atoms with Crippen molar-refractivity contribution in [2.24, 2.45) is 5.41 Å². The van der Waals surface area contributed by atoms with Gasteiger partial charge < -0.3 is 10.6 Å². The van der Waals surface area contributed by atoms with Gasteiger partial charge in [-0.2, -0.15) is 0 Å². The predicted molar refractivity (Wildman–Crippen MR) is 89.9 cm³/mol. The maximum Gasteiger partial charge on any atom is 0.231 e. The van der Waals surface area contributed by atoms with Gasteiger partial charge in [0.25, 0.3) is 0 Å². The summed E-state index contributed by atoms with van der Waals surface area (Å²) in [5.41, 5.74) is 0.542. The summed E-state index contributed by atoms with van der Waals surface area (Å²) in [6.07, 6.45) is 3.96. The van der Waals surface area contributed by atoms with Gasteiger partial charge in [0.05, 0.1) is 11.1 Å². The number of carbonyl (C=O) groups is 1. The Kier molecular flexibility index (Phi) is 5.64. The van der Waals surface area contributed by atoms with Crippen molar-refractivity contribution in [2.75, 3.05) is 18.4 Å². The Balaban J connectivity index is 2.20. The summed E-state index contributed by atoms with van der Waals surface area (Å²) in [7, 11) is 0. The number of hydrogen-bond donors (Lipinski definition) is 2. The molecule has 0 bridgehead atoms. The molecule has 1 aromatic rings. The van der Waals surface area contributed by atoms with Gasteiger partial charge in [-0.1, -0.05) is 19.4 Å². The molecule has 0 aromatic heterocycles. The molecular weight excluding hydrogens is 384 g/mol. The minimum absolute atomic E-state index is 0.124. The van der Waals surface area contributed by atoms with Crippen LogP contribution in [0.25, 0.3) is 0 Å². The predicted octanol–water partition coefficient (Wildman–Crippen LogP) is 4.32. The highest BCUT2D eigenvalue weighted by Crippen LogP contribution is 2.36. The third-order valence-electron chi connectivity index (χ3n) is 3.88. The molecule has 0 saturated carbocycles. The second kappa shape index (κ2) is 7.05. The van der Waals surface area contributed by atoms with Crippen molar-refractivity contribution in [2.45, 2.75) is 32.6 Å². The molecule has 1 aromatic carbocycles. The molecule has 2 rings (SSSR count). The van der Waals surface area contributed by atoms with Crippen molar-refractivity contribution in [3.8, 4) is 0 Å². The lowest BCUT2D eigenvalue weighted by Crippen LogP contribution is -2.48. The second-order valence-corrected chi connectivity index (χ2v) is 7.07. The number of anilines is 1. The summed E-state index contributed by atoms with van der Waals surface area (Å²) < 4.78 is 1.80. The van der Waals surface area contributed by atoms with Crippen LogP contribution >= 0.6 is 31.9 Å². The number of para-hydroxylation sites is 1. The minimum Gasteiger partial charge on any atom is -0.324 e. The Bertz CT molecular complexity index is 459. The van der Waals surface area contributed by atoms with Crippen LogP contribution in [0.5, 0.6) is 0 Å². The number of carbonyl (C=O) groups excluding carboxylic acids is 1. The smallest absolute Gasteiger partial charge is 0.231 e. The fraction of sp³-hybridized carbons (Fsp3) is 0.533. The number of rotatable bonds is 4. The number of piperidine rings is 1. The van der Waals surface area contributed by atoms with Crippen LogP contribution in [0.15, 0.2) is 27.1 Å². The van der Waals surface area contributed by atoms with Crippen LogP contribution < -0.4 is 10.6 Å². The number of benzene rings is 1. The maximum atomic E-state index is 12.8. The summed E-state index contributed by atoms with van der Waals surface area (Å²) >= 11 is 6.99. The van der Waals surface area contributed by atoms with Crippen LogP contribution in [0, 0.1) is 5.41 Å². The molecule has 1 aliphatic rings. The molecule has 20 heavy (non-hydrogen) atoms. The highest BCUT2D eigenvalue weighted by atomic mass is 79.9. The summed E-state index contributed by atoms with van der Waals surface area (Å²) in [5, 5.41) is 6.47. The lowest BCUT2D eigenvalue weighted by Gasteiger charge is -2.36. The molecule has 2 N–H and O–H groups in total. The Labute approximate surface area is 137 Å². The van der Waals surface area contributed by atoms with Crippen molar-refractivity contribution < 1.29 is 4.79 Å². The molecule has 1 heterocycles. The van der Waals surface area contributed by atoms with E-state index in [0.29, 0.717) is 0 Å². The van der Waals surface area contributed by atoms with Gasteiger partial charge >= 0.3 is 0 Å². The van der Waals surface area contributed by atoms with E-state index in [1.165, 1.54) is 0 Å².